The highest BCUT2D eigenvalue weighted by molar-refractivity contribution is 5.97. The van der Waals surface area contributed by atoms with E-state index in [-0.39, 0.29) is 11.9 Å². The van der Waals surface area contributed by atoms with E-state index in [1.54, 1.807) is 6.07 Å². The number of benzene rings is 2. The van der Waals surface area contributed by atoms with Crippen LogP contribution in [-0.2, 0) is 6.54 Å². The number of rotatable bonds is 4. The maximum atomic E-state index is 12.7. The van der Waals surface area contributed by atoms with E-state index < -0.39 is 0 Å². The maximum Gasteiger partial charge on any atom is 0.321 e. The monoisotopic (exact) mass is 406 g/mol. The summed E-state index contributed by atoms with van der Waals surface area (Å²) in [4.78, 5) is 31.6. The standard InChI is InChI=1S/C24H30N4O2/c29-23(27-12-5-2-6-13-27)21-10-7-11-22(18-21)25-24(30)28-16-14-26(15-17-28)19-20-8-3-1-4-9-20/h1,3-4,7-11,18H,2,5-6,12-17,19H2,(H,25,30). The molecule has 2 aliphatic rings. The minimum atomic E-state index is -0.100. The topological polar surface area (TPSA) is 55.9 Å². The molecule has 2 heterocycles. The van der Waals surface area contributed by atoms with Gasteiger partial charge < -0.3 is 15.1 Å². The molecule has 0 radical (unpaired) electrons. The summed E-state index contributed by atoms with van der Waals surface area (Å²) in [5.41, 5.74) is 2.61. The number of anilines is 1. The molecule has 4 rings (SSSR count). The Labute approximate surface area is 178 Å². The number of piperidine rings is 1. The predicted molar refractivity (Wildman–Crippen MR) is 119 cm³/mol. The van der Waals surface area contributed by atoms with Crippen LogP contribution in [0.5, 0.6) is 0 Å². The van der Waals surface area contributed by atoms with Crippen LogP contribution in [0.15, 0.2) is 54.6 Å². The first-order valence-corrected chi connectivity index (χ1v) is 10.9. The molecular formula is C24H30N4O2. The number of hydrogen-bond donors (Lipinski definition) is 1. The highest BCUT2D eigenvalue weighted by Crippen LogP contribution is 2.17. The van der Waals surface area contributed by atoms with Gasteiger partial charge in [0.25, 0.3) is 5.91 Å². The van der Waals surface area contributed by atoms with Crippen LogP contribution in [0.2, 0.25) is 0 Å². The third-order valence-corrected chi connectivity index (χ3v) is 5.91. The summed E-state index contributed by atoms with van der Waals surface area (Å²) in [6, 6.07) is 17.6. The summed E-state index contributed by atoms with van der Waals surface area (Å²) >= 11 is 0. The summed E-state index contributed by atoms with van der Waals surface area (Å²) < 4.78 is 0. The molecule has 0 aromatic heterocycles. The van der Waals surface area contributed by atoms with Crippen LogP contribution in [0.4, 0.5) is 10.5 Å². The SMILES string of the molecule is O=C(Nc1cccc(C(=O)N2CCCCC2)c1)N1CCN(Cc2ccccc2)CC1. The molecule has 0 atom stereocenters. The molecule has 2 aromatic rings. The van der Waals surface area contributed by atoms with Gasteiger partial charge >= 0.3 is 6.03 Å². The van der Waals surface area contributed by atoms with Crippen LogP contribution >= 0.6 is 0 Å². The molecule has 6 nitrogen and oxygen atoms in total. The van der Waals surface area contributed by atoms with Crippen LogP contribution in [0.25, 0.3) is 0 Å². The van der Waals surface area contributed by atoms with Gasteiger partial charge in [-0.25, -0.2) is 4.79 Å². The zero-order chi connectivity index (χ0) is 20.8. The highest BCUT2D eigenvalue weighted by Gasteiger charge is 2.22. The second-order valence-electron chi connectivity index (χ2n) is 8.11. The molecule has 0 saturated carbocycles. The van der Waals surface area contributed by atoms with Crippen molar-refractivity contribution in [2.75, 3.05) is 44.6 Å². The second kappa shape index (κ2) is 9.76. The van der Waals surface area contributed by atoms with Crippen molar-refractivity contribution in [2.45, 2.75) is 25.8 Å². The summed E-state index contributed by atoms with van der Waals surface area (Å²) in [7, 11) is 0. The summed E-state index contributed by atoms with van der Waals surface area (Å²) in [5.74, 6) is 0.0559. The molecule has 6 heteroatoms. The Hall–Kier alpha value is -2.86. The van der Waals surface area contributed by atoms with Crippen molar-refractivity contribution >= 4 is 17.6 Å². The van der Waals surface area contributed by atoms with Crippen molar-refractivity contribution in [3.05, 3.63) is 65.7 Å². The zero-order valence-electron chi connectivity index (χ0n) is 17.4. The van der Waals surface area contributed by atoms with Gasteiger partial charge in [0.15, 0.2) is 0 Å². The average Bonchev–Trinajstić information content (AvgIpc) is 2.80. The lowest BCUT2D eigenvalue weighted by molar-refractivity contribution is 0.0724. The quantitative estimate of drug-likeness (QED) is 0.843. The first-order valence-electron chi connectivity index (χ1n) is 10.9. The molecule has 0 spiro atoms. The number of hydrogen-bond acceptors (Lipinski definition) is 3. The Balaban J connectivity index is 1.29. The van der Waals surface area contributed by atoms with Gasteiger partial charge in [0.2, 0.25) is 0 Å². The Morgan fingerprint density at radius 1 is 0.767 bits per heavy atom. The van der Waals surface area contributed by atoms with Crippen molar-refractivity contribution in [1.29, 1.82) is 0 Å². The molecule has 3 amide bonds. The molecule has 0 aliphatic carbocycles. The number of piperazine rings is 1. The molecule has 0 bridgehead atoms. The molecule has 0 unspecified atom stereocenters. The molecular weight excluding hydrogens is 376 g/mol. The van der Waals surface area contributed by atoms with Crippen molar-refractivity contribution in [2.24, 2.45) is 0 Å². The molecule has 158 valence electrons. The van der Waals surface area contributed by atoms with Gasteiger partial charge in [0.1, 0.15) is 0 Å². The fourth-order valence-electron chi connectivity index (χ4n) is 4.16. The fraction of sp³-hybridized carbons (Fsp3) is 0.417. The lowest BCUT2D eigenvalue weighted by Gasteiger charge is -2.34. The van der Waals surface area contributed by atoms with E-state index in [4.69, 9.17) is 0 Å². The van der Waals surface area contributed by atoms with Crippen LogP contribution in [0.1, 0.15) is 35.2 Å². The Kier molecular flexibility index (Phi) is 6.64. The number of carbonyl (C=O) groups excluding carboxylic acids is 2. The van der Waals surface area contributed by atoms with Crippen molar-refractivity contribution in [3.63, 3.8) is 0 Å². The normalized spacial score (nSPS) is 17.6. The van der Waals surface area contributed by atoms with E-state index in [0.29, 0.717) is 24.3 Å². The third-order valence-electron chi connectivity index (χ3n) is 5.91. The highest BCUT2D eigenvalue weighted by atomic mass is 16.2. The number of likely N-dealkylation sites (tertiary alicyclic amines) is 1. The number of nitrogens with one attached hydrogen (secondary N) is 1. The predicted octanol–water partition coefficient (Wildman–Crippen LogP) is 3.66. The van der Waals surface area contributed by atoms with Crippen molar-refractivity contribution in [3.8, 4) is 0 Å². The minimum Gasteiger partial charge on any atom is -0.339 e. The van der Waals surface area contributed by atoms with Gasteiger partial charge in [0.05, 0.1) is 0 Å². The van der Waals surface area contributed by atoms with Gasteiger partial charge in [-0.15, -0.1) is 0 Å². The van der Waals surface area contributed by atoms with Crippen LogP contribution in [0.3, 0.4) is 0 Å². The smallest absolute Gasteiger partial charge is 0.321 e. The molecule has 2 aromatic carbocycles. The number of carbonyl (C=O) groups is 2. The Morgan fingerprint density at radius 3 is 2.23 bits per heavy atom. The van der Waals surface area contributed by atoms with Crippen LogP contribution in [0, 0.1) is 0 Å². The minimum absolute atomic E-state index is 0.0559. The van der Waals surface area contributed by atoms with Crippen molar-refractivity contribution < 1.29 is 9.59 Å². The van der Waals surface area contributed by atoms with Gasteiger partial charge in [-0.3, -0.25) is 9.69 Å². The lowest BCUT2D eigenvalue weighted by atomic mass is 10.1. The Bertz CT molecular complexity index is 857. The Morgan fingerprint density at radius 2 is 1.50 bits per heavy atom. The number of nitrogens with zero attached hydrogens (tertiary/aromatic N) is 3. The molecule has 30 heavy (non-hydrogen) atoms. The van der Waals surface area contributed by atoms with Gasteiger partial charge in [-0.2, -0.15) is 0 Å². The largest absolute Gasteiger partial charge is 0.339 e. The average molecular weight is 407 g/mol. The molecule has 1 N–H and O–H groups in total. The summed E-state index contributed by atoms with van der Waals surface area (Å²) in [6.07, 6.45) is 3.33. The van der Waals surface area contributed by atoms with E-state index in [0.717, 1.165) is 45.6 Å². The summed E-state index contributed by atoms with van der Waals surface area (Å²) in [5, 5.41) is 2.97. The zero-order valence-corrected chi connectivity index (χ0v) is 17.4. The van der Waals surface area contributed by atoms with Gasteiger partial charge in [-0.1, -0.05) is 36.4 Å². The maximum absolute atomic E-state index is 12.7. The van der Waals surface area contributed by atoms with Gasteiger partial charge in [-0.05, 0) is 43.0 Å². The van der Waals surface area contributed by atoms with Crippen LogP contribution in [-0.4, -0.2) is 65.9 Å². The molecule has 2 aliphatic heterocycles. The first kappa shape index (κ1) is 20.4. The third kappa shape index (κ3) is 5.19. The molecule has 2 fully saturated rings. The van der Waals surface area contributed by atoms with Crippen LogP contribution < -0.4 is 5.32 Å². The van der Waals surface area contributed by atoms with E-state index in [1.165, 1.54) is 12.0 Å². The van der Waals surface area contributed by atoms with E-state index in [1.807, 2.05) is 34.1 Å². The number of amides is 3. The number of urea groups is 1. The summed E-state index contributed by atoms with van der Waals surface area (Å²) in [6.45, 7) is 5.67. The fourth-order valence-corrected chi connectivity index (χ4v) is 4.16. The second-order valence-corrected chi connectivity index (χ2v) is 8.11. The van der Waals surface area contributed by atoms with E-state index >= 15 is 0 Å². The van der Waals surface area contributed by atoms with Gasteiger partial charge in [0, 0.05) is 57.1 Å². The van der Waals surface area contributed by atoms with E-state index in [2.05, 4.69) is 34.5 Å². The van der Waals surface area contributed by atoms with Crippen molar-refractivity contribution in [1.82, 2.24) is 14.7 Å². The first-order chi connectivity index (χ1) is 14.7. The lowest BCUT2D eigenvalue weighted by Crippen LogP contribution is -2.49. The molecule has 2 saturated heterocycles. The van der Waals surface area contributed by atoms with E-state index in [9.17, 15) is 9.59 Å².